The van der Waals surface area contributed by atoms with Crippen molar-refractivity contribution < 1.29 is 33.8 Å². The van der Waals surface area contributed by atoms with Crippen LogP contribution in [0.2, 0.25) is 0 Å². The molecule has 2 aliphatic rings. The summed E-state index contributed by atoms with van der Waals surface area (Å²) in [6.45, 7) is 19.8. The lowest BCUT2D eigenvalue weighted by atomic mass is 9.79. The van der Waals surface area contributed by atoms with E-state index in [1.807, 2.05) is 66.7 Å². The zero-order valence-electron chi connectivity index (χ0n) is 35.9. The molecule has 2 aliphatic heterocycles. The molecule has 8 rings (SSSR count). The van der Waals surface area contributed by atoms with E-state index in [-0.39, 0.29) is 54.2 Å². The number of hydrogen-bond donors (Lipinski definition) is 5. The first-order valence-electron chi connectivity index (χ1n) is 19.7. The molecule has 4 aromatic carbocycles. The van der Waals surface area contributed by atoms with Crippen LogP contribution < -0.4 is 31.4 Å². The van der Waals surface area contributed by atoms with Crippen molar-refractivity contribution in [2.24, 2.45) is 0 Å². The van der Waals surface area contributed by atoms with E-state index in [0.717, 1.165) is 22.3 Å². The van der Waals surface area contributed by atoms with Crippen LogP contribution in [0.5, 0.6) is 11.5 Å². The van der Waals surface area contributed by atoms with Crippen molar-refractivity contribution >= 4 is 57.0 Å². The number of carbonyl (C=O) groups excluding carboxylic acids is 3. The van der Waals surface area contributed by atoms with E-state index >= 15 is 0 Å². The smallest absolute Gasteiger partial charge is 0.341 e. The van der Waals surface area contributed by atoms with Crippen molar-refractivity contribution in [3.05, 3.63) is 139 Å². The molecular formula is C50H58N4O9. The van der Waals surface area contributed by atoms with Crippen LogP contribution in [0.4, 0.5) is 11.4 Å². The minimum Gasteiger partial charge on any atom is -0.477 e. The number of anilines is 2. The van der Waals surface area contributed by atoms with Crippen LogP contribution in [-0.4, -0.2) is 38.9 Å². The lowest BCUT2D eigenvalue weighted by Crippen LogP contribution is -2.26. The second kappa shape index (κ2) is 17.4. The lowest BCUT2D eigenvalue weighted by Gasteiger charge is -2.25. The summed E-state index contributed by atoms with van der Waals surface area (Å²) < 4.78 is 10.7. The Bertz CT molecular complexity index is 2910. The number of ether oxygens (including phenoxy) is 2. The van der Waals surface area contributed by atoms with Crippen molar-refractivity contribution in [2.45, 2.75) is 106 Å². The number of aromatic carboxylic acids is 1. The minimum absolute atomic E-state index is 0. The summed E-state index contributed by atoms with van der Waals surface area (Å²) in [5, 5.41) is 12.4. The number of fused-ring (bicyclic) bond motifs is 4. The maximum Gasteiger partial charge on any atom is 0.341 e. The predicted octanol–water partition coefficient (Wildman–Crippen LogP) is 9.54. The normalized spacial score (nSPS) is 14.3. The average Bonchev–Trinajstić information content (AvgIpc) is 3.53. The van der Waals surface area contributed by atoms with Gasteiger partial charge < -0.3 is 35.6 Å². The largest absolute Gasteiger partial charge is 0.477 e. The van der Waals surface area contributed by atoms with Gasteiger partial charge in [-0.15, -0.1) is 0 Å². The van der Waals surface area contributed by atoms with E-state index in [2.05, 4.69) is 36.1 Å². The topological polar surface area (TPSA) is 211 Å². The highest BCUT2D eigenvalue weighted by atomic mass is 16.5. The first-order valence-corrected chi connectivity index (χ1v) is 19.7. The van der Waals surface area contributed by atoms with Crippen LogP contribution >= 0.6 is 0 Å². The number of H-pyrrole nitrogens is 2. The van der Waals surface area contributed by atoms with Gasteiger partial charge in [-0.05, 0) is 86.1 Å². The van der Waals surface area contributed by atoms with Crippen LogP contribution in [0.25, 0.3) is 21.8 Å². The quantitative estimate of drug-likeness (QED) is 0.0646. The van der Waals surface area contributed by atoms with Crippen LogP contribution in [0.3, 0.4) is 0 Å². The first kappa shape index (κ1) is 48.6. The second-order valence-corrected chi connectivity index (χ2v) is 18.3. The number of para-hydroxylation sites is 2. The second-order valence-electron chi connectivity index (χ2n) is 18.3. The summed E-state index contributed by atoms with van der Waals surface area (Å²) in [6, 6.07) is 21.2. The average molecular weight is 859 g/mol. The van der Waals surface area contributed by atoms with Crippen LogP contribution in [0.1, 0.15) is 127 Å². The van der Waals surface area contributed by atoms with E-state index in [4.69, 9.17) is 20.3 Å². The summed E-state index contributed by atoms with van der Waals surface area (Å²) in [5.41, 5.74) is 9.48. The molecule has 6 N–H and O–H groups in total. The molecule has 0 fully saturated rings. The first-order chi connectivity index (χ1) is 28.3. The molecule has 0 atom stereocenters. The summed E-state index contributed by atoms with van der Waals surface area (Å²) in [7, 11) is 0. The van der Waals surface area contributed by atoms with E-state index < -0.39 is 28.1 Å². The van der Waals surface area contributed by atoms with Gasteiger partial charge in [-0.25, -0.2) is 4.79 Å². The fourth-order valence-corrected chi connectivity index (χ4v) is 7.22. The molecule has 332 valence electrons. The van der Waals surface area contributed by atoms with Crippen LogP contribution in [-0.2, 0) is 31.2 Å². The van der Waals surface area contributed by atoms with Gasteiger partial charge in [0, 0.05) is 68.8 Å². The highest BCUT2D eigenvalue weighted by Crippen LogP contribution is 2.46. The number of amides is 1. The third kappa shape index (κ3) is 9.28. The Morgan fingerprint density at radius 3 is 1.51 bits per heavy atom. The molecule has 63 heavy (non-hydrogen) atoms. The third-order valence-electron chi connectivity index (χ3n) is 11.0. The number of nitrogens with two attached hydrogens (primary N) is 1. The molecule has 2 aromatic heterocycles. The Kier molecular flexibility index (Phi) is 13.4. The van der Waals surface area contributed by atoms with Crippen molar-refractivity contribution in [1.82, 2.24) is 9.97 Å². The highest BCUT2D eigenvalue weighted by molar-refractivity contribution is 6.06. The maximum atomic E-state index is 13.0. The van der Waals surface area contributed by atoms with E-state index in [1.165, 1.54) is 12.4 Å². The fraction of sp³-hybridized carbons (Fsp3) is 0.320. The zero-order chi connectivity index (χ0) is 45.0. The monoisotopic (exact) mass is 858 g/mol. The Labute approximate surface area is 367 Å². The molecule has 6 aromatic rings. The number of carboxylic acids is 1. The van der Waals surface area contributed by atoms with Gasteiger partial charge in [0.25, 0.3) is 5.91 Å². The van der Waals surface area contributed by atoms with E-state index in [1.54, 1.807) is 54.6 Å². The maximum absolute atomic E-state index is 13.0. The summed E-state index contributed by atoms with van der Waals surface area (Å²) >= 11 is 0. The molecule has 0 saturated heterocycles. The van der Waals surface area contributed by atoms with Gasteiger partial charge >= 0.3 is 17.9 Å². The number of carboxylic acid groups (broad SMARTS) is 1. The third-order valence-corrected chi connectivity index (χ3v) is 11.0. The molecule has 0 spiro atoms. The molecule has 0 radical (unpaired) electrons. The SMILES string of the molecule is C.C.CC(C)(C)c1cc2c(cc1N)OC(=O)C2(C)C.CC(C)(C)c1cc2c(cc1NC(=O)c1c[nH]c3ccccc3c1=O)OC(=O)C2(C)C.O=C(O)c1c[nH]c2ccccc2c1=O. The Morgan fingerprint density at radius 2 is 1.05 bits per heavy atom. The highest BCUT2D eigenvalue weighted by Gasteiger charge is 2.43. The van der Waals surface area contributed by atoms with Crippen molar-refractivity contribution in [3.63, 3.8) is 0 Å². The number of aromatic nitrogens is 2. The lowest BCUT2D eigenvalue weighted by molar-refractivity contribution is -0.137. The molecule has 1 amide bonds. The number of nitrogens with one attached hydrogen (secondary N) is 3. The summed E-state index contributed by atoms with van der Waals surface area (Å²) in [5.74, 6) is -1.23. The number of benzene rings is 4. The molecule has 13 nitrogen and oxygen atoms in total. The number of carbonyl (C=O) groups is 4. The summed E-state index contributed by atoms with van der Waals surface area (Å²) in [4.78, 5) is 77.8. The fourth-order valence-electron chi connectivity index (χ4n) is 7.22. The molecule has 13 heteroatoms. The Hall–Kier alpha value is -7.02. The molecular weight excluding hydrogens is 801 g/mol. The van der Waals surface area contributed by atoms with Gasteiger partial charge in [-0.1, -0.05) is 80.7 Å². The summed E-state index contributed by atoms with van der Waals surface area (Å²) in [6.07, 6.45) is 2.64. The van der Waals surface area contributed by atoms with Gasteiger partial charge in [0.15, 0.2) is 0 Å². The Morgan fingerprint density at radius 1 is 0.635 bits per heavy atom. The van der Waals surface area contributed by atoms with Crippen molar-refractivity contribution in [2.75, 3.05) is 11.1 Å². The number of pyridine rings is 2. The van der Waals surface area contributed by atoms with Gasteiger partial charge in [0.05, 0.1) is 10.8 Å². The number of hydrogen-bond acceptors (Lipinski definition) is 9. The standard InChI is InChI=1S/C24H24N2O4.C14H19NO2.C10H7NO3.2CH4/c1-23(2,3)15-10-16-19(30-22(29)24(16,4)5)11-18(15)26-21(28)14-12-25-17-9-7-6-8-13(17)20(14)27;1-13(2,3)8-6-9-11(7-10(8)15)17-12(16)14(9,4)5;12-9-6-3-1-2-4-8(6)11-5-7(9)10(13)14;;/h6-12H,1-5H3,(H,25,27)(H,26,28);6-7H,15H2,1-5H3;1-5H,(H,11,12)(H,13,14);2*1H4. The number of aromatic amines is 2. The van der Waals surface area contributed by atoms with Gasteiger partial charge in [-0.2, -0.15) is 0 Å². The molecule has 4 heterocycles. The van der Waals surface area contributed by atoms with Gasteiger partial charge in [0.1, 0.15) is 22.6 Å². The predicted molar refractivity (Wildman–Crippen MR) is 250 cm³/mol. The van der Waals surface area contributed by atoms with E-state index in [0.29, 0.717) is 44.7 Å². The van der Waals surface area contributed by atoms with Crippen LogP contribution in [0.15, 0.2) is 94.8 Å². The van der Waals surface area contributed by atoms with Gasteiger partial charge in [-0.3, -0.25) is 24.0 Å². The van der Waals surface area contributed by atoms with E-state index in [9.17, 15) is 28.8 Å². The zero-order valence-corrected chi connectivity index (χ0v) is 35.9. The Balaban J connectivity index is 0.000000224. The van der Waals surface area contributed by atoms with Gasteiger partial charge in [0.2, 0.25) is 10.9 Å². The molecule has 0 saturated carbocycles. The van der Waals surface area contributed by atoms with Crippen LogP contribution in [0, 0.1) is 0 Å². The molecule has 0 aliphatic carbocycles. The molecule has 0 unspecified atom stereocenters. The van der Waals surface area contributed by atoms with Crippen molar-refractivity contribution in [3.8, 4) is 11.5 Å². The number of rotatable bonds is 3. The molecule has 0 bridgehead atoms. The minimum atomic E-state index is -1.21. The van der Waals surface area contributed by atoms with Crippen molar-refractivity contribution in [1.29, 1.82) is 0 Å². The number of esters is 2. The number of nitrogen functional groups attached to an aromatic ring is 1.